The summed E-state index contributed by atoms with van der Waals surface area (Å²) in [5.74, 6) is -1.55. The van der Waals surface area contributed by atoms with E-state index in [1.807, 2.05) is 0 Å². The molecular weight excluding hydrogens is 391 g/mol. The van der Waals surface area contributed by atoms with Crippen LogP contribution in [0.1, 0.15) is 27.9 Å². The van der Waals surface area contributed by atoms with E-state index < -0.39 is 11.8 Å². The van der Waals surface area contributed by atoms with Gasteiger partial charge in [0.25, 0.3) is 11.8 Å². The zero-order valence-electron chi connectivity index (χ0n) is 14.1. The van der Waals surface area contributed by atoms with Gasteiger partial charge in [0.05, 0.1) is 33.4 Å². The van der Waals surface area contributed by atoms with Crippen LogP contribution in [-0.2, 0) is 11.3 Å². The van der Waals surface area contributed by atoms with Crippen LogP contribution < -0.4 is 11.1 Å². The number of nitrogens with zero attached hydrogens (tertiary/aromatic N) is 2. The molecule has 9 heteroatoms. The van der Waals surface area contributed by atoms with E-state index in [0.717, 1.165) is 0 Å². The van der Waals surface area contributed by atoms with Gasteiger partial charge in [-0.15, -0.1) is 0 Å². The van der Waals surface area contributed by atoms with E-state index in [1.54, 1.807) is 36.4 Å². The summed E-state index contributed by atoms with van der Waals surface area (Å²) in [5.41, 5.74) is 6.64. The number of hydrogen-bond acceptors (Lipinski definition) is 4. The fourth-order valence-corrected chi connectivity index (χ4v) is 3.29. The molecular formula is C18H14Cl2N4O3. The molecule has 0 saturated carbocycles. The number of hydrogen-bond donors (Lipinski definition) is 2. The Balaban J connectivity index is 2.09. The van der Waals surface area contributed by atoms with Crippen LogP contribution in [0.3, 0.4) is 0 Å². The van der Waals surface area contributed by atoms with Crippen molar-refractivity contribution in [1.29, 1.82) is 0 Å². The molecule has 3 N–H and O–H groups in total. The predicted octanol–water partition coefficient (Wildman–Crippen LogP) is 3.28. The fraction of sp³-hybridized carbons (Fsp3) is 0.111. The first-order valence-corrected chi connectivity index (χ1v) is 8.59. The van der Waals surface area contributed by atoms with Gasteiger partial charge in [0, 0.05) is 0 Å². The van der Waals surface area contributed by atoms with E-state index in [4.69, 9.17) is 28.9 Å². The smallest absolute Gasteiger partial charge is 0.284 e. The number of benzene rings is 2. The largest absolute Gasteiger partial charge is 0.363 e. The van der Waals surface area contributed by atoms with Crippen molar-refractivity contribution in [3.05, 3.63) is 57.8 Å². The zero-order chi connectivity index (χ0) is 19.7. The molecule has 27 heavy (non-hydrogen) atoms. The lowest BCUT2D eigenvalue weighted by molar-refractivity contribution is -0.117. The van der Waals surface area contributed by atoms with Gasteiger partial charge >= 0.3 is 0 Å². The van der Waals surface area contributed by atoms with Crippen LogP contribution in [0.4, 0.5) is 5.69 Å². The van der Waals surface area contributed by atoms with E-state index in [2.05, 4.69) is 10.3 Å². The normalized spacial score (nSPS) is 10.8. The maximum Gasteiger partial charge on any atom is 0.284 e. The summed E-state index contributed by atoms with van der Waals surface area (Å²) >= 11 is 12.1. The first-order valence-electron chi connectivity index (χ1n) is 7.83. The maximum absolute atomic E-state index is 12.6. The maximum atomic E-state index is 12.6. The van der Waals surface area contributed by atoms with Crippen molar-refractivity contribution in [2.75, 3.05) is 5.32 Å². The Bertz CT molecular complexity index is 1070. The molecule has 3 rings (SSSR count). The average molecular weight is 405 g/mol. The number of nitrogens with two attached hydrogens (primary N) is 1. The van der Waals surface area contributed by atoms with Gasteiger partial charge in [-0.25, -0.2) is 4.98 Å². The number of ketones is 1. The van der Waals surface area contributed by atoms with Gasteiger partial charge < -0.3 is 15.6 Å². The van der Waals surface area contributed by atoms with Gasteiger partial charge in [-0.3, -0.25) is 14.4 Å². The number of imidazole rings is 1. The highest BCUT2D eigenvalue weighted by Gasteiger charge is 2.20. The number of halogens is 2. The highest BCUT2D eigenvalue weighted by Crippen LogP contribution is 2.28. The Morgan fingerprint density at radius 1 is 1.11 bits per heavy atom. The number of carbonyl (C=O) groups is 3. The third-order valence-electron chi connectivity index (χ3n) is 3.82. The van der Waals surface area contributed by atoms with Crippen LogP contribution >= 0.6 is 23.2 Å². The number of para-hydroxylation sites is 1. The Morgan fingerprint density at radius 2 is 1.74 bits per heavy atom. The number of fused-ring (bicyclic) bond motifs is 1. The van der Waals surface area contributed by atoms with E-state index in [9.17, 15) is 14.4 Å². The molecule has 3 aromatic rings. The number of primary amides is 1. The van der Waals surface area contributed by atoms with Crippen molar-refractivity contribution in [2.45, 2.75) is 13.5 Å². The number of aromatic nitrogens is 2. The van der Waals surface area contributed by atoms with Gasteiger partial charge in [-0.1, -0.05) is 35.3 Å². The van der Waals surface area contributed by atoms with E-state index in [0.29, 0.717) is 16.7 Å². The predicted molar refractivity (Wildman–Crippen MR) is 103 cm³/mol. The van der Waals surface area contributed by atoms with Gasteiger partial charge in [0.2, 0.25) is 0 Å². The summed E-state index contributed by atoms with van der Waals surface area (Å²) in [6.07, 6.45) is 0. The number of Topliss-reactive ketones (excluding diaryl/α,β-unsaturated/α-hetero) is 1. The molecule has 0 aliphatic rings. The lowest BCUT2D eigenvalue weighted by Gasteiger charge is -2.09. The van der Waals surface area contributed by atoms with Crippen molar-refractivity contribution >= 4 is 57.5 Å². The molecule has 0 radical (unpaired) electrons. The molecule has 2 amide bonds. The lowest BCUT2D eigenvalue weighted by Crippen LogP contribution is -2.20. The molecule has 0 aliphatic carbocycles. The summed E-state index contributed by atoms with van der Waals surface area (Å²) in [6, 6.07) is 9.68. The van der Waals surface area contributed by atoms with Crippen LogP contribution in [0, 0.1) is 0 Å². The van der Waals surface area contributed by atoms with Gasteiger partial charge in [-0.05, 0) is 31.2 Å². The van der Waals surface area contributed by atoms with Crippen LogP contribution in [-0.4, -0.2) is 27.1 Å². The Hall–Kier alpha value is -2.90. The minimum Gasteiger partial charge on any atom is -0.363 e. The van der Waals surface area contributed by atoms with Gasteiger partial charge in [0.1, 0.15) is 11.3 Å². The molecule has 0 unspecified atom stereocenters. The van der Waals surface area contributed by atoms with Crippen LogP contribution in [0.15, 0.2) is 36.4 Å². The third-order valence-corrected chi connectivity index (χ3v) is 4.45. The molecule has 7 nitrogen and oxygen atoms in total. The van der Waals surface area contributed by atoms with Crippen LogP contribution in [0.25, 0.3) is 11.0 Å². The highest BCUT2D eigenvalue weighted by atomic mass is 35.5. The Kier molecular flexibility index (Phi) is 5.16. The Morgan fingerprint density at radius 3 is 2.33 bits per heavy atom. The number of anilines is 1. The molecule has 138 valence electrons. The number of nitrogens with one attached hydrogen (secondary N) is 1. The van der Waals surface area contributed by atoms with Gasteiger partial charge in [-0.2, -0.15) is 0 Å². The summed E-state index contributed by atoms with van der Waals surface area (Å²) in [5, 5.41) is 3.10. The second kappa shape index (κ2) is 7.38. The van der Waals surface area contributed by atoms with Crippen LogP contribution in [0.5, 0.6) is 0 Å². The number of carbonyl (C=O) groups excluding carboxylic acids is 3. The second-order valence-corrected chi connectivity index (χ2v) is 6.63. The fourth-order valence-electron chi connectivity index (χ4n) is 2.72. The van der Waals surface area contributed by atoms with E-state index in [1.165, 1.54) is 11.5 Å². The third kappa shape index (κ3) is 3.65. The number of rotatable bonds is 5. The second-order valence-electron chi connectivity index (χ2n) is 5.81. The lowest BCUT2D eigenvalue weighted by atomic mass is 10.2. The van der Waals surface area contributed by atoms with Gasteiger partial charge in [0.15, 0.2) is 5.82 Å². The summed E-state index contributed by atoms with van der Waals surface area (Å²) < 4.78 is 1.41. The topological polar surface area (TPSA) is 107 Å². The van der Waals surface area contributed by atoms with Crippen molar-refractivity contribution in [3.63, 3.8) is 0 Å². The summed E-state index contributed by atoms with van der Waals surface area (Å²) in [6.45, 7) is 1.32. The van der Waals surface area contributed by atoms with E-state index >= 15 is 0 Å². The summed E-state index contributed by atoms with van der Waals surface area (Å²) in [4.78, 5) is 40.1. The molecule has 0 spiro atoms. The molecule has 0 bridgehead atoms. The Labute approximate surface area is 164 Å². The van der Waals surface area contributed by atoms with Crippen molar-refractivity contribution < 1.29 is 14.4 Å². The minimum absolute atomic E-state index is 0.0669. The minimum atomic E-state index is -0.779. The van der Waals surface area contributed by atoms with Crippen molar-refractivity contribution in [2.24, 2.45) is 5.73 Å². The molecule has 0 atom stereocenters. The highest BCUT2D eigenvalue weighted by molar-refractivity contribution is 6.40. The standard InChI is InChI=1S/C18H14Cl2N4O3/c1-9(25)8-24-13-7-3-6-12(15(13)23-17(24)16(21)26)22-18(27)14-10(19)4-2-5-11(14)20/h2-7H,8H2,1H3,(H2,21,26)(H,22,27). The summed E-state index contributed by atoms with van der Waals surface area (Å²) in [7, 11) is 0. The monoisotopic (exact) mass is 404 g/mol. The first kappa shape index (κ1) is 18.9. The first-order chi connectivity index (χ1) is 12.8. The molecule has 1 aromatic heterocycles. The molecule has 0 saturated heterocycles. The van der Waals surface area contributed by atoms with Crippen LogP contribution in [0.2, 0.25) is 10.0 Å². The SMILES string of the molecule is CC(=O)Cn1c(C(N)=O)nc2c(NC(=O)c3c(Cl)cccc3Cl)cccc21. The zero-order valence-corrected chi connectivity index (χ0v) is 15.6. The molecule has 0 aliphatic heterocycles. The number of amides is 2. The molecule has 1 heterocycles. The van der Waals surface area contributed by atoms with E-state index in [-0.39, 0.29) is 33.8 Å². The average Bonchev–Trinajstić information content (AvgIpc) is 2.94. The van der Waals surface area contributed by atoms with Crippen molar-refractivity contribution in [3.8, 4) is 0 Å². The molecule has 0 fully saturated rings. The van der Waals surface area contributed by atoms with Crippen molar-refractivity contribution in [1.82, 2.24) is 9.55 Å². The molecule has 2 aromatic carbocycles. The quantitative estimate of drug-likeness (QED) is 0.679.